The molecule has 1 heterocycles. The number of likely N-dealkylation sites (tertiary alicyclic amines) is 1. The smallest absolute Gasteiger partial charge is 0.248 e. The number of carbonyl (C=O) groups is 3. The summed E-state index contributed by atoms with van der Waals surface area (Å²) in [5.41, 5.74) is 1.49. The second-order valence-corrected chi connectivity index (χ2v) is 8.81. The Morgan fingerprint density at radius 2 is 1.56 bits per heavy atom. The van der Waals surface area contributed by atoms with Crippen LogP contribution < -0.4 is 10.1 Å². The van der Waals surface area contributed by atoms with Gasteiger partial charge in [0.2, 0.25) is 17.7 Å². The van der Waals surface area contributed by atoms with E-state index in [0.29, 0.717) is 11.4 Å². The van der Waals surface area contributed by atoms with Crippen LogP contribution in [-0.2, 0) is 20.8 Å². The van der Waals surface area contributed by atoms with Crippen molar-refractivity contribution < 1.29 is 19.1 Å². The zero-order chi connectivity index (χ0) is 22.2. The van der Waals surface area contributed by atoms with Crippen LogP contribution in [0.25, 0.3) is 0 Å². The fourth-order valence-electron chi connectivity index (χ4n) is 5.44. The highest BCUT2D eigenvalue weighted by atomic mass is 16.5. The third-order valence-electron chi connectivity index (χ3n) is 7.04. The van der Waals surface area contributed by atoms with E-state index in [4.69, 9.17) is 4.74 Å². The van der Waals surface area contributed by atoms with Crippen LogP contribution in [0.4, 0.5) is 5.69 Å². The molecule has 3 amide bonds. The van der Waals surface area contributed by atoms with Gasteiger partial charge in [0.25, 0.3) is 0 Å². The number of carbonyl (C=O) groups excluding carboxylic acids is 3. The van der Waals surface area contributed by atoms with Gasteiger partial charge in [-0.2, -0.15) is 0 Å². The van der Waals surface area contributed by atoms with E-state index < -0.39 is 6.04 Å². The van der Waals surface area contributed by atoms with E-state index >= 15 is 0 Å². The molecule has 1 aliphatic heterocycles. The van der Waals surface area contributed by atoms with Crippen molar-refractivity contribution in [3.05, 3.63) is 72.3 Å². The Morgan fingerprint density at radius 3 is 2.09 bits per heavy atom. The molecular weight excluding hydrogens is 404 g/mol. The lowest BCUT2D eigenvalue weighted by Gasteiger charge is -2.38. The van der Waals surface area contributed by atoms with Gasteiger partial charge in [0, 0.05) is 12.1 Å². The van der Waals surface area contributed by atoms with E-state index in [1.807, 2.05) is 30.3 Å². The molecule has 32 heavy (non-hydrogen) atoms. The predicted molar refractivity (Wildman–Crippen MR) is 120 cm³/mol. The molecule has 1 saturated heterocycles. The Labute approximate surface area is 187 Å². The summed E-state index contributed by atoms with van der Waals surface area (Å²) in [6.07, 6.45) is 6.32. The zero-order valence-corrected chi connectivity index (χ0v) is 17.9. The first kappa shape index (κ1) is 20.5. The average molecular weight is 431 g/mol. The number of anilines is 1. The first-order valence-electron chi connectivity index (χ1n) is 11.1. The molecule has 2 aromatic carbocycles. The van der Waals surface area contributed by atoms with Crippen LogP contribution in [0.3, 0.4) is 0 Å². The summed E-state index contributed by atoms with van der Waals surface area (Å²) in [4.78, 5) is 41.7. The van der Waals surface area contributed by atoms with Crippen LogP contribution in [-0.4, -0.2) is 35.8 Å². The van der Waals surface area contributed by atoms with Crippen molar-refractivity contribution in [3.8, 4) is 5.75 Å². The van der Waals surface area contributed by atoms with E-state index in [1.165, 1.54) is 4.90 Å². The maximum atomic E-state index is 13.5. The number of nitrogens with one attached hydrogen (secondary N) is 1. The molecule has 6 rings (SSSR count). The third kappa shape index (κ3) is 3.49. The summed E-state index contributed by atoms with van der Waals surface area (Å²) < 4.78 is 5.17. The van der Waals surface area contributed by atoms with Gasteiger partial charge < -0.3 is 10.1 Å². The highest BCUT2D eigenvalue weighted by Crippen LogP contribution is 2.50. The number of amides is 3. The van der Waals surface area contributed by atoms with Crippen molar-refractivity contribution in [2.45, 2.75) is 25.3 Å². The van der Waals surface area contributed by atoms with Gasteiger partial charge >= 0.3 is 0 Å². The van der Waals surface area contributed by atoms with Crippen LogP contribution in [0, 0.1) is 23.7 Å². The number of allylic oxidation sites excluding steroid dienone is 2. The maximum Gasteiger partial charge on any atom is 0.248 e. The second-order valence-electron chi connectivity index (χ2n) is 8.81. The summed E-state index contributed by atoms with van der Waals surface area (Å²) in [6, 6.07) is 15.6. The number of hydrogen-bond acceptors (Lipinski definition) is 4. The lowest BCUT2D eigenvalue weighted by atomic mass is 9.63. The quantitative estimate of drug-likeness (QED) is 0.563. The van der Waals surface area contributed by atoms with Gasteiger partial charge in [0.1, 0.15) is 11.8 Å². The second kappa shape index (κ2) is 8.26. The van der Waals surface area contributed by atoms with Gasteiger partial charge in [-0.1, -0.05) is 42.5 Å². The van der Waals surface area contributed by atoms with Gasteiger partial charge in [-0.3, -0.25) is 19.3 Å². The average Bonchev–Trinajstić information content (AvgIpc) is 3.11. The Bertz CT molecular complexity index is 1030. The minimum Gasteiger partial charge on any atom is -0.497 e. The molecular formula is C26H26N2O4. The number of methoxy groups -OCH3 is 1. The van der Waals surface area contributed by atoms with Crippen molar-refractivity contribution in [3.63, 3.8) is 0 Å². The highest BCUT2D eigenvalue weighted by Gasteiger charge is 2.58. The van der Waals surface area contributed by atoms with Crippen molar-refractivity contribution >= 4 is 23.4 Å². The molecule has 2 aromatic rings. The first-order chi connectivity index (χ1) is 15.6. The first-order valence-corrected chi connectivity index (χ1v) is 11.1. The molecule has 5 atom stereocenters. The lowest BCUT2D eigenvalue weighted by Crippen LogP contribution is -2.49. The number of imide groups is 1. The zero-order valence-electron chi connectivity index (χ0n) is 17.9. The maximum absolute atomic E-state index is 13.5. The lowest BCUT2D eigenvalue weighted by molar-refractivity contribution is -0.146. The molecule has 2 bridgehead atoms. The molecule has 6 nitrogen and oxygen atoms in total. The van der Waals surface area contributed by atoms with Crippen molar-refractivity contribution in [1.82, 2.24) is 4.90 Å². The highest BCUT2D eigenvalue weighted by molar-refractivity contribution is 6.10. The number of fused-ring (bicyclic) bond motifs is 1. The molecule has 3 aliphatic carbocycles. The van der Waals surface area contributed by atoms with Gasteiger partial charge in [-0.25, -0.2) is 0 Å². The van der Waals surface area contributed by atoms with Crippen LogP contribution in [0.15, 0.2) is 66.7 Å². The van der Waals surface area contributed by atoms with Crippen molar-refractivity contribution in [2.24, 2.45) is 23.7 Å². The molecule has 164 valence electrons. The number of ether oxygens (including phenoxy) is 1. The Kier molecular flexibility index (Phi) is 5.29. The minimum atomic E-state index is -0.899. The van der Waals surface area contributed by atoms with Gasteiger partial charge in [-0.15, -0.1) is 0 Å². The van der Waals surface area contributed by atoms with Gasteiger partial charge in [0.15, 0.2) is 0 Å². The van der Waals surface area contributed by atoms with E-state index in [1.54, 1.807) is 31.4 Å². The molecule has 1 N–H and O–H groups in total. The van der Waals surface area contributed by atoms with Crippen LogP contribution in [0.2, 0.25) is 0 Å². The number of rotatable bonds is 6. The molecule has 6 heteroatoms. The van der Waals surface area contributed by atoms with Crippen LogP contribution in [0.5, 0.6) is 5.75 Å². The molecule has 4 aliphatic rings. The van der Waals surface area contributed by atoms with Crippen LogP contribution in [0.1, 0.15) is 18.4 Å². The minimum absolute atomic E-state index is 0.0912. The molecule has 0 unspecified atom stereocenters. The van der Waals surface area contributed by atoms with E-state index in [-0.39, 0.29) is 47.8 Å². The largest absolute Gasteiger partial charge is 0.497 e. The molecule has 0 spiro atoms. The third-order valence-corrected chi connectivity index (χ3v) is 7.04. The van der Waals surface area contributed by atoms with Crippen molar-refractivity contribution in [2.75, 3.05) is 12.4 Å². The summed E-state index contributed by atoms with van der Waals surface area (Å²) >= 11 is 0. The van der Waals surface area contributed by atoms with E-state index in [0.717, 1.165) is 18.4 Å². The molecule has 2 fully saturated rings. The number of benzene rings is 2. The Balaban J connectivity index is 1.45. The van der Waals surface area contributed by atoms with Crippen molar-refractivity contribution in [1.29, 1.82) is 0 Å². The predicted octanol–water partition coefficient (Wildman–Crippen LogP) is 3.44. The normalized spacial score (nSPS) is 26.7. The van der Waals surface area contributed by atoms with E-state index in [9.17, 15) is 14.4 Å². The molecule has 0 radical (unpaired) electrons. The summed E-state index contributed by atoms with van der Waals surface area (Å²) in [5.74, 6) is -0.575. The standard InChI is InChI=1S/C26H26N2O4/c1-32-20-13-11-19(12-14-20)27-24(29)21(15-16-5-3-2-4-6-16)28-25(30)22-17-7-8-18(10-9-17)23(22)26(28)31/h2-8,11-14,17-18,21-23H,9-10,15H2,1H3,(H,27,29)/t17-,18-,21-,22-,23+/m0/s1. The summed E-state index contributed by atoms with van der Waals surface area (Å²) in [5, 5.41) is 2.89. The summed E-state index contributed by atoms with van der Waals surface area (Å²) in [7, 11) is 1.58. The van der Waals surface area contributed by atoms with E-state index in [2.05, 4.69) is 17.5 Å². The Hall–Kier alpha value is -3.41. The number of hydrogen-bond donors (Lipinski definition) is 1. The Morgan fingerprint density at radius 1 is 0.969 bits per heavy atom. The molecule has 0 aromatic heterocycles. The fourth-order valence-corrected chi connectivity index (χ4v) is 5.44. The van der Waals surface area contributed by atoms with Crippen LogP contribution >= 0.6 is 0 Å². The van der Waals surface area contributed by atoms with Gasteiger partial charge in [-0.05, 0) is 54.5 Å². The SMILES string of the molecule is COc1ccc(NC(=O)[C@H](Cc2ccccc2)N2C(=O)[C@@H]3[C@H](C2=O)[C@H]2C=C[C@H]3CC2)cc1. The van der Waals surface area contributed by atoms with Gasteiger partial charge in [0.05, 0.1) is 18.9 Å². The summed E-state index contributed by atoms with van der Waals surface area (Å²) in [6.45, 7) is 0. The topological polar surface area (TPSA) is 75.7 Å². The molecule has 1 saturated carbocycles. The monoisotopic (exact) mass is 430 g/mol. The fraction of sp³-hybridized carbons (Fsp3) is 0.346. The number of nitrogens with zero attached hydrogens (tertiary/aromatic N) is 1.